The van der Waals surface area contributed by atoms with Crippen LogP contribution < -0.4 is 9.47 Å². The molecule has 0 atom stereocenters. The van der Waals surface area contributed by atoms with Crippen LogP contribution in [0.1, 0.15) is 11.1 Å². The molecule has 0 radical (unpaired) electrons. The number of methoxy groups -OCH3 is 2. The molecule has 2 rings (SSSR count). The standard InChI is InChI=1S/C16H13ClO2S2/c1-18-13-8-7-10(9-14(13)19-2)15(20)16(21)11-5-3-4-6-12(11)17/h3-9H,1-2H3. The molecule has 0 saturated carbocycles. The van der Waals surface area contributed by atoms with Gasteiger partial charge in [-0.15, -0.1) is 0 Å². The molecule has 0 N–H and O–H groups in total. The molecule has 2 nitrogen and oxygen atoms in total. The lowest BCUT2D eigenvalue weighted by Crippen LogP contribution is -2.12. The van der Waals surface area contributed by atoms with Gasteiger partial charge in [-0.3, -0.25) is 0 Å². The zero-order valence-corrected chi connectivity index (χ0v) is 13.9. The van der Waals surface area contributed by atoms with Crippen LogP contribution in [0.2, 0.25) is 5.02 Å². The molecule has 0 spiro atoms. The maximum atomic E-state index is 6.17. The third-order valence-corrected chi connectivity index (χ3v) is 4.29. The van der Waals surface area contributed by atoms with E-state index in [9.17, 15) is 0 Å². The van der Waals surface area contributed by atoms with Gasteiger partial charge >= 0.3 is 0 Å². The lowest BCUT2D eigenvalue weighted by molar-refractivity contribution is 0.355. The van der Waals surface area contributed by atoms with Crippen molar-refractivity contribution < 1.29 is 9.47 Å². The Kier molecular flexibility index (Phi) is 5.28. The van der Waals surface area contributed by atoms with Crippen LogP contribution in [0.4, 0.5) is 0 Å². The molecule has 108 valence electrons. The molecule has 0 fully saturated rings. The topological polar surface area (TPSA) is 18.5 Å². The molecule has 2 aromatic rings. The number of halogens is 1. The van der Waals surface area contributed by atoms with Crippen LogP contribution >= 0.6 is 36.0 Å². The van der Waals surface area contributed by atoms with Gasteiger partial charge in [0, 0.05) is 10.6 Å². The van der Waals surface area contributed by atoms with Crippen LogP contribution in [0.5, 0.6) is 11.5 Å². The largest absolute Gasteiger partial charge is 0.493 e. The maximum Gasteiger partial charge on any atom is 0.161 e. The number of rotatable bonds is 5. The van der Waals surface area contributed by atoms with Crippen molar-refractivity contribution in [3.63, 3.8) is 0 Å². The Morgan fingerprint density at radius 1 is 0.905 bits per heavy atom. The summed E-state index contributed by atoms with van der Waals surface area (Å²) < 4.78 is 10.5. The lowest BCUT2D eigenvalue weighted by Gasteiger charge is -2.12. The van der Waals surface area contributed by atoms with Gasteiger partial charge < -0.3 is 9.47 Å². The van der Waals surface area contributed by atoms with E-state index in [-0.39, 0.29) is 0 Å². The highest BCUT2D eigenvalue weighted by Gasteiger charge is 2.15. The van der Waals surface area contributed by atoms with Crippen molar-refractivity contribution in [2.75, 3.05) is 14.2 Å². The first-order valence-corrected chi connectivity index (χ1v) is 7.33. The normalized spacial score (nSPS) is 10.0. The van der Waals surface area contributed by atoms with Gasteiger partial charge in [0.25, 0.3) is 0 Å². The van der Waals surface area contributed by atoms with Crippen LogP contribution in [0.25, 0.3) is 0 Å². The molecule has 0 heterocycles. The molecule has 0 aliphatic heterocycles. The smallest absolute Gasteiger partial charge is 0.161 e. The minimum absolute atomic E-state index is 0.544. The second-order valence-corrected chi connectivity index (χ2v) is 5.43. The Labute approximate surface area is 139 Å². The van der Waals surface area contributed by atoms with E-state index in [0.29, 0.717) is 26.3 Å². The molecule has 0 unspecified atom stereocenters. The van der Waals surface area contributed by atoms with E-state index >= 15 is 0 Å². The molecule has 0 aromatic heterocycles. The van der Waals surface area contributed by atoms with E-state index in [4.69, 9.17) is 45.5 Å². The molecular weight excluding hydrogens is 324 g/mol. The van der Waals surface area contributed by atoms with Crippen molar-refractivity contribution in [2.45, 2.75) is 0 Å². The zero-order valence-electron chi connectivity index (χ0n) is 11.6. The SMILES string of the molecule is COc1ccc(C(=S)C(=S)c2ccccc2Cl)cc1OC. The van der Waals surface area contributed by atoms with E-state index < -0.39 is 0 Å². The van der Waals surface area contributed by atoms with Gasteiger partial charge in [0.2, 0.25) is 0 Å². The third-order valence-electron chi connectivity index (χ3n) is 2.97. The van der Waals surface area contributed by atoms with Crippen LogP contribution in [0.3, 0.4) is 0 Å². The van der Waals surface area contributed by atoms with Crippen LogP contribution in [-0.4, -0.2) is 23.9 Å². The van der Waals surface area contributed by atoms with Crippen LogP contribution in [0.15, 0.2) is 42.5 Å². The van der Waals surface area contributed by atoms with E-state index in [1.807, 2.05) is 30.3 Å². The molecule has 0 bridgehead atoms. The minimum Gasteiger partial charge on any atom is -0.493 e. The summed E-state index contributed by atoms with van der Waals surface area (Å²) in [5.41, 5.74) is 1.56. The predicted octanol–water partition coefficient (Wildman–Crippen LogP) is 4.49. The summed E-state index contributed by atoms with van der Waals surface area (Å²) in [5, 5.41) is 0.588. The van der Waals surface area contributed by atoms with Crippen molar-refractivity contribution >= 4 is 45.8 Å². The van der Waals surface area contributed by atoms with E-state index in [0.717, 1.165) is 11.1 Å². The van der Waals surface area contributed by atoms with E-state index in [1.54, 1.807) is 26.4 Å². The van der Waals surface area contributed by atoms with Crippen molar-refractivity contribution in [2.24, 2.45) is 0 Å². The number of ether oxygens (including phenoxy) is 2. The average Bonchev–Trinajstić information content (AvgIpc) is 2.53. The zero-order chi connectivity index (χ0) is 15.4. The van der Waals surface area contributed by atoms with Gasteiger partial charge in [-0.2, -0.15) is 0 Å². The fourth-order valence-corrected chi connectivity index (χ4v) is 2.70. The van der Waals surface area contributed by atoms with Crippen LogP contribution in [-0.2, 0) is 0 Å². The number of hydrogen-bond donors (Lipinski definition) is 0. The first kappa shape index (κ1) is 15.9. The van der Waals surface area contributed by atoms with Gasteiger partial charge in [0.1, 0.15) is 0 Å². The third kappa shape index (κ3) is 3.40. The highest BCUT2D eigenvalue weighted by atomic mass is 35.5. The lowest BCUT2D eigenvalue weighted by atomic mass is 10.0. The minimum atomic E-state index is 0.544. The summed E-state index contributed by atoms with van der Waals surface area (Å²) in [7, 11) is 3.17. The molecule has 0 saturated heterocycles. The predicted molar refractivity (Wildman–Crippen MR) is 94.4 cm³/mol. The molecule has 21 heavy (non-hydrogen) atoms. The number of hydrogen-bond acceptors (Lipinski definition) is 4. The number of benzene rings is 2. The van der Waals surface area contributed by atoms with Crippen molar-refractivity contribution in [3.8, 4) is 11.5 Å². The van der Waals surface area contributed by atoms with E-state index in [1.165, 1.54) is 0 Å². The van der Waals surface area contributed by atoms with Crippen molar-refractivity contribution in [3.05, 3.63) is 58.6 Å². The Morgan fingerprint density at radius 2 is 1.57 bits per heavy atom. The highest BCUT2D eigenvalue weighted by Crippen LogP contribution is 2.29. The summed E-state index contributed by atoms with van der Waals surface area (Å²) in [4.78, 5) is 1.10. The van der Waals surface area contributed by atoms with Crippen molar-refractivity contribution in [1.82, 2.24) is 0 Å². The molecule has 5 heteroatoms. The fraction of sp³-hybridized carbons (Fsp3) is 0.125. The Hall–Kier alpha value is -1.49. The van der Waals surface area contributed by atoms with E-state index in [2.05, 4.69) is 0 Å². The summed E-state index contributed by atoms with van der Waals surface area (Å²) in [6.45, 7) is 0. The maximum absolute atomic E-state index is 6.17. The molecular formula is C16H13ClO2S2. The second kappa shape index (κ2) is 6.98. The van der Waals surface area contributed by atoms with Gasteiger partial charge in [-0.25, -0.2) is 0 Å². The Bertz CT molecular complexity index is 698. The Morgan fingerprint density at radius 3 is 2.19 bits per heavy atom. The molecule has 0 aliphatic carbocycles. The van der Waals surface area contributed by atoms with Crippen LogP contribution in [0, 0.1) is 0 Å². The molecule has 0 amide bonds. The molecule has 0 aliphatic rings. The molecule has 2 aromatic carbocycles. The summed E-state index contributed by atoms with van der Waals surface area (Å²) >= 11 is 17.1. The number of thiocarbonyl (C=S) groups is 2. The summed E-state index contributed by atoms with van der Waals surface area (Å²) in [6.07, 6.45) is 0. The quantitative estimate of drug-likeness (QED) is 0.591. The first-order valence-electron chi connectivity index (χ1n) is 6.14. The second-order valence-electron chi connectivity index (χ2n) is 4.21. The van der Waals surface area contributed by atoms with Gasteiger partial charge in [-0.05, 0) is 29.8 Å². The van der Waals surface area contributed by atoms with Crippen molar-refractivity contribution in [1.29, 1.82) is 0 Å². The average molecular weight is 337 g/mol. The van der Waals surface area contributed by atoms with Gasteiger partial charge in [0.15, 0.2) is 11.5 Å². The highest BCUT2D eigenvalue weighted by molar-refractivity contribution is 7.90. The monoisotopic (exact) mass is 336 g/mol. The summed E-state index contributed by atoms with van der Waals surface area (Å²) in [5.74, 6) is 1.26. The first-order chi connectivity index (χ1) is 10.1. The fourth-order valence-electron chi connectivity index (χ4n) is 1.88. The summed E-state index contributed by atoms with van der Waals surface area (Å²) in [6, 6.07) is 12.9. The van der Waals surface area contributed by atoms with Gasteiger partial charge in [-0.1, -0.05) is 54.2 Å². The Balaban J connectivity index is 2.36. The van der Waals surface area contributed by atoms with Gasteiger partial charge in [0.05, 0.1) is 23.9 Å².